The molecule has 1 saturated heterocycles. The first kappa shape index (κ1) is 17.2. The molecule has 1 fully saturated rings. The molecule has 3 heterocycles. The minimum absolute atomic E-state index is 0.204. The summed E-state index contributed by atoms with van der Waals surface area (Å²) in [4.78, 5) is 13.5. The Morgan fingerprint density at radius 2 is 1.81 bits per heavy atom. The number of rotatable bonds is 5. The molecular weight excluding hydrogens is 352 g/mol. The largest absolute Gasteiger partial charge is 0.395 e. The number of benzene rings is 1. The van der Waals surface area contributed by atoms with Crippen LogP contribution in [0.1, 0.15) is 5.56 Å². The Kier molecular flexibility index (Phi) is 5.01. The molecule has 1 aromatic carbocycles. The first-order chi connectivity index (χ1) is 12.7. The fourth-order valence-electron chi connectivity index (χ4n) is 3.34. The van der Waals surface area contributed by atoms with Crippen molar-refractivity contribution >= 4 is 28.5 Å². The second kappa shape index (κ2) is 7.57. The molecule has 136 valence electrons. The molecule has 7 nitrogen and oxygen atoms in total. The van der Waals surface area contributed by atoms with Crippen LogP contribution in [0, 0.1) is 0 Å². The first-order valence-electron chi connectivity index (χ1n) is 8.74. The predicted octanol–water partition coefficient (Wildman–Crippen LogP) is 1.64. The maximum Gasteiger partial charge on any atom is 0.163 e. The zero-order valence-electron chi connectivity index (χ0n) is 14.4. The summed E-state index contributed by atoms with van der Waals surface area (Å²) in [6.45, 7) is 5.18. The summed E-state index contributed by atoms with van der Waals surface area (Å²) in [5.41, 5.74) is 1.96. The molecule has 1 N–H and O–H groups in total. The van der Waals surface area contributed by atoms with Gasteiger partial charge >= 0.3 is 0 Å². The van der Waals surface area contributed by atoms with Gasteiger partial charge in [0.25, 0.3) is 0 Å². The SMILES string of the molecule is OCCN1CCN(c2ncnc3c2cnn3Cc2ccc(Cl)cc2)CC1. The maximum atomic E-state index is 9.09. The van der Waals surface area contributed by atoms with Crippen molar-refractivity contribution in [3.63, 3.8) is 0 Å². The van der Waals surface area contributed by atoms with E-state index in [-0.39, 0.29) is 6.61 Å². The van der Waals surface area contributed by atoms with Crippen LogP contribution in [0.15, 0.2) is 36.8 Å². The van der Waals surface area contributed by atoms with Crippen molar-refractivity contribution in [3.05, 3.63) is 47.4 Å². The summed E-state index contributed by atoms with van der Waals surface area (Å²) in [7, 11) is 0. The quantitative estimate of drug-likeness (QED) is 0.734. The molecule has 1 aliphatic heterocycles. The summed E-state index contributed by atoms with van der Waals surface area (Å²) in [5, 5.41) is 15.3. The third kappa shape index (κ3) is 3.51. The Balaban J connectivity index is 1.56. The Bertz CT molecular complexity index is 873. The Morgan fingerprint density at radius 3 is 2.54 bits per heavy atom. The van der Waals surface area contributed by atoms with E-state index < -0.39 is 0 Å². The van der Waals surface area contributed by atoms with Crippen molar-refractivity contribution in [3.8, 4) is 0 Å². The van der Waals surface area contributed by atoms with Gasteiger partial charge in [-0.25, -0.2) is 14.6 Å². The molecular formula is C18H21ClN6O. The van der Waals surface area contributed by atoms with Crippen molar-refractivity contribution in [2.24, 2.45) is 0 Å². The lowest BCUT2D eigenvalue weighted by Gasteiger charge is -2.35. The van der Waals surface area contributed by atoms with Gasteiger partial charge in [0.05, 0.1) is 24.7 Å². The molecule has 3 aromatic rings. The molecule has 0 radical (unpaired) electrons. The van der Waals surface area contributed by atoms with Crippen LogP contribution in [0.3, 0.4) is 0 Å². The number of aliphatic hydroxyl groups excluding tert-OH is 1. The van der Waals surface area contributed by atoms with Gasteiger partial charge in [-0.05, 0) is 17.7 Å². The number of aromatic nitrogens is 4. The standard InChI is InChI=1S/C18H21ClN6O/c19-15-3-1-14(2-4-15)12-25-18-16(11-22-25)17(20-13-21-18)24-7-5-23(6-8-24)9-10-26/h1-4,11,13,26H,5-10,12H2. The van der Waals surface area contributed by atoms with Crippen molar-refractivity contribution in [2.45, 2.75) is 6.54 Å². The summed E-state index contributed by atoms with van der Waals surface area (Å²) in [5.74, 6) is 0.931. The topological polar surface area (TPSA) is 70.3 Å². The highest BCUT2D eigenvalue weighted by Crippen LogP contribution is 2.24. The van der Waals surface area contributed by atoms with Crippen LogP contribution in [0.4, 0.5) is 5.82 Å². The third-order valence-electron chi connectivity index (χ3n) is 4.75. The molecule has 0 atom stereocenters. The summed E-state index contributed by atoms with van der Waals surface area (Å²) < 4.78 is 1.89. The average Bonchev–Trinajstić information content (AvgIpc) is 3.08. The monoisotopic (exact) mass is 372 g/mol. The molecule has 0 saturated carbocycles. The van der Waals surface area contributed by atoms with E-state index in [0.29, 0.717) is 6.54 Å². The van der Waals surface area contributed by atoms with Crippen molar-refractivity contribution in [2.75, 3.05) is 44.2 Å². The van der Waals surface area contributed by atoms with E-state index in [1.807, 2.05) is 35.1 Å². The molecule has 4 rings (SSSR count). The smallest absolute Gasteiger partial charge is 0.163 e. The normalized spacial score (nSPS) is 15.7. The van der Waals surface area contributed by atoms with Gasteiger partial charge in [-0.3, -0.25) is 4.90 Å². The minimum Gasteiger partial charge on any atom is -0.395 e. The first-order valence-corrected chi connectivity index (χ1v) is 9.11. The van der Waals surface area contributed by atoms with Gasteiger partial charge in [-0.15, -0.1) is 0 Å². The van der Waals surface area contributed by atoms with Gasteiger partial charge in [-0.2, -0.15) is 5.10 Å². The fourth-order valence-corrected chi connectivity index (χ4v) is 3.46. The number of piperazine rings is 1. The van der Waals surface area contributed by atoms with Crippen LogP contribution in [0.25, 0.3) is 11.0 Å². The average molecular weight is 373 g/mol. The van der Waals surface area contributed by atoms with Crippen LogP contribution in [-0.4, -0.2) is 69.1 Å². The van der Waals surface area contributed by atoms with Crippen LogP contribution >= 0.6 is 11.6 Å². The number of anilines is 1. The highest BCUT2D eigenvalue weighted by Gasteiger charge is 2.21. The number of fused-ring (bicyclic) bond motifs is 1. The molecule has 0 amide bonds. The minimum atomic E-state index is 0.204. The highest BCUT2D eigenvalue weighted by molar-refractivity contribution is 6.30. The van der Waals surface area contributed by atoms with Gasteiger partial charge < -0.3 is 10.0 Å². The fraction of sp³-hybridized carbons (Fsp3) is 0.389. The Labute approximate surface area is 156 Å². The zero-order chi connectivity index (χ0) is 17.9. The van der Waals surface area contributed by atoms with E-state index in [4.69, 9.17) is 16.7 Å². The molecule has 26 heavy (non-hydrogen) atoms. The predicted molar refractivity (Wildman–Crippen MR) is 102 cm³/mol. The summed E-state index contributed by atoms with van der Waals surface area (Å²) in [6.07, 6.45) is 3.46. The maximum absolute atomic E-state index is 9.09. The lowest BCUT2D eigenvalue weighted by molar-refractivity contribution is 0.188. The number of nitrogens with zero attached hydrogens (tertiary/aromatic N) is 6. The lowest BCUT2D eigenvalue weighted by Crippen LogP contribution is -2.47. The molecule has 0 spiro atoms. The van der Waals surface area contributed by atoms with E-state index in [9.17, 15) is 0 Å². The number of hydrogen-bond donors (Lipinski definition) is 1. The van der Waals surface area contributed by atoms with E-state index in [1.54, 1.807) is 6.33 Å². The van der Waals surface area contributed by atoms with Gasteiger partial charge in [0, 0.05) is 37.7 Å². The van der Waals surface area contributed by atoms with Crippen LogP contribution in [-0.2, 0) is 6.54 Å². The van der Waals surface area contributed by atoms with E-state index in [1.165, 1.54) is 0 Å². The molecule has 0 bridgehead atoms. The van der Waals surface area contributed by atoms with Gasteiger partial charge in [-0.1, -0.05) is 23.7 Å². The second-order valence-corrected chi connectivity index (χ2v) is 6.85. The molecule has 0 unspecified atom stereocenters. The Hall–Kier alpha value is -2.22. The lowest BCUT2D eigenvalue weighted by atomic mass is 10.2. The number of β-amino-alcohol motifs (C(OH)–C–C–N with tert-alkyl or cyclic N) is 1. The van der Waals surface area contributed by atoms with E-state index in [2.05, 4.69) is 24.9 Å². The highest BCUT2D eigenvalue weighted by atomic mass is 35.5. The van der Waals surface area contributed by atoms with E-state index >= 15 is 0 Å². The number of aliphatic hydroxyl groups is 1. The van der Waals surface area contributed by atoms with Gasteiger partial charge in [0.15, 0.2) is 5.65 Å². The molecule has 8 heteroatoms. The molecule has 0 aliphatic carbocycles. The van der Waals surface area contributed by atoms with Crippen molar-refractivity contribution in [1.82, 2.24) is 24.6 Å². The van der Waals surface area contributed by atoms with Crippen molar-refractivity contribution in [1.29, 1.82) is 0 Å². The van der Waals surface area contributed by atoms with Crippen molar-refractivity contribution < 1.29 is 5.11 Å². The second-order valence-electron chi connectivity index (χ2n) is 6.42. The van der Waals surface area contributed by atoms with Gasteiger partial charge in [0.2, 0.25) is 0 Å². The van der Waals surface area contributed by atoms with E-state index in [0.717, 1.165) is 60.2 Å². The van der Waals surface area contributed by atoms with Crippen LogP contribution in [0.5, 0.6) is 0 Å². The van der Waals surface area contributed by atoms with Crippen LogP contribution in [0.2, 0.25) is 5.02 Å². The molecule has 1 aliphatic rings. The number of hydrogen-bond acceptors (Lipinski definition) is 6. The number of halogens is 1. The zero-order valence-corrected chi connectivity index (χ0v) is 15.2. The Morgan fingerprint density at radius 1 is 1.04 bits per heavy atom. The van der Waals surface area contributed by atoms with Gasteiger partial charge in [0.1, 0.15) is 12.1 Å². The summed E-state index contributed by atoms with van der Waals surface area (Å²) in [6, 6.07) is 7.76. The summed E-state index contributed by atoms with van der Waals surface area (Å²) >= 11 is 5.96. The van der Waals surface area contributed by atoms with Crippen LogP contribution < -0.4 is 4.90 Å². The molecule has 2 aromatic heterocycles. The third-order valence-corrected chi connectivity index (χ3v) is 5.00.